The van der Waals surface area contributed by atoms with Crippen molar-refractivity contribution in [3.05, 3.63) is 18.1 Å². The molecule has 1 aromatic heterocycles. The van der Waals surface area contributed by atoms with Crippen LogP contribution in [0.15, 0.2) is 12.4 Å². The summed E-state index contributed by atoms with van der Waals surface area (Å²) in [5.41, 5.74) is 0.446. The third kappa shape index (κ3) is 3.66. The van der Waals surface area contributed by atoms with Crippen LogP contribution in [0.25, 0.3) is 0 Å². The van der Waals surface area contributed by atoms with Gasteiger partial charge in [0.2, 0.25) is 0 Å². The Morgan fingerprint density at radius 1 is 1.37 bits per heavy atom. The highest BCUT2D eigenvalue weighted by molar-refractivity contribution is 5.92. The third-order valence-corrected chi connectivity index (χ3v) is 3.12. The minimum absolute atomic E-state index is 0.0111. The molecule has 104 valence electrons. The van der Waals surface area contributed by atoms with Crippen molar-refractivity contribution in [2.75, 3.05) is 18.4 Å². The van der Waals surface area contributed by atoms with Gasteiger partial charge in [0.15, 0.2) is 0 Å². The Bertz CT molecular complexity index is 431. The fourth-order valence-corrected chi connectivity index (χ4v) is 2.03. The molecule has 1 aliphatic rings. The SMILES string of the molecule is CCCNc1cncc(C(=O)N(CCC)C2CC2)n1. The lowest BCUT2D eigenvalue weighted by molar-refractivity contribution is 0.0737. The predicted octanol–water partition coefficient (Wildman–Crippen LogP) is 2.31. The van der Waals surface area contributed by atoms with Gasteiger partial charge in [-0.3, -0.25) is 9.78 Å². The van der Waals surface area contributed by atoms with E-state index in [1.54, 1.807) is 12.4 Å². The summed E-state index contributed by atoms with van der Waals surface area (Å²) in [5.74, 6) is 0.692. The Hall–Kier alpha value is -1.65. The maximum atomic E-state index is 12.4. The Balaban J connectivity index is 2.08. The molecule has 1 fully saturated rings. The van der Waals surface area contributed by atoms with E-state index in [-0.39, 0.29) is 5.91 Å². The van der Waals surface area contributed by atoms with E-state index in [9.17, 15) is 4.79 Å². The van der Waals surface area contributed by atoms with Gasteiger partial charge in [-0.25, -0.2) is 4.98 Å². The Morgan fingerprint density at radius 2 is 2.16 bits per heavy atom. The molecule has 0 aliphatic heterocycles. The fraction of sp³-hybridized carbons (Fsp3) is 0.643. The van der Waals surface area contributed by atoms with Gasteiger partial charge in [-0.1, -0.05) is 13.8 Å². The summed E-state index contributed by atoms with van der Waals surface area (Å²) in [6, 6.07) is 0.418. The molecule has 1 amide bonds. The van der Waals surface area contributed by atoms with Crippen molar-refractivity contribution in [1.29, 1.82) is 0 Å². The Kier molecular flexibility index (Phi) is 4.71. The molecule has 5 heteroatoms. The number of carbonyl (C=O) groups excluding carboxylic acids is 1. The van der Waals surface area contributed by atoms with Crippen molar-refractivity contribution in [3.63, 3.8) is 0 Å². The molecule has 0 radical (unpaired) electrons. The van der Waals surface area contributed by atoms with Crippen LogP contribution in [0.4, 0.5) is 5.82 Å². The molecule has 0 aromatic carbocycles. The molecule has 1 aromatic rings. The first-order valence-electron chi connectivity index (χ1n) is 7.13. The molecule has 2 rings (SSSR count). The van der Waals surface area contributed by atoms with Crippen LogP contribution in [-0.2, 0) is 0 Å². The minimum atomic E-state index is 0.0111. The van der Waals surface area contributed by atoms with Crippen LogP contribution in [0.1, 0.15) is 50.0 Å². The molecule has 0 bridgehead atoms. The normalized spacial score (nSPS) is 14.2. The van der Waals surface area contributed by atoms with E-state index in [1.165, 1.54) is 0 Å². The molecule has 1 heterocycles. The van der Waals surface area contributed by atoms with E-state index in [0.717, 1.165) is 38.8 Å². The molecule has 1 saturated carbocycles. The Morgan fingerprint density at radius 3 is 2.79 bits per heavy atom. The number of hydrogen-bond acceptors (Lipinski definition) is 4. The highest BCUT2D eigenvalue weighted by atomic mass is 16.2. The second-order valence-corrected chi connectivity index (χ2v) is 4.95. The number of amides is 1. The van der Waals surface area contributed by atoms with Gasteiger partial charge in [-0.15, -0.1) is 0 Å². The number of anilines is 1. The van der Waals surface area contributed by atoms with Gasteiger partial charge in [0, 0.05) is 19.1 Å². The van der Waals surface area contributed by atoms with Crippen molar-refractivity contribution >= 4 is 11.7 Å². The standard InChI is InChI=1S/C14H22N4O/c1-3-7-16-13-10-15-9-12(17-13)14(19)18(8-4-2)11-5-6-11/h9-11H,3-8H2,1-2H3,(H,16,17). The first-order chi connectivity index (χ1) is 9.26. The quantitative estimate of drug-likeness (QED) is 0.819. The van der Waals surface area contributed by atoms with Crippen LogP contribution >= 0.6 is 0 Å². The van der Waals surface area contributed by atoms with Crippen molar-refractivity contribution in [2.24, 2.45) is 0 Å². The smallest absolute Gasteiger partial charge is 0.274 e. The van der Waals surface area contributed by atoms with Crippen molar-refractivity contribution in [2.45, 2.75) is 45.6 Å². The second kappa shape index (κ2) is 6.50. The zero-order chi connectivity index (χ0) is 13.7. The summed E-state index contributed by atoms with van der Waals surface area (Å²) >= 11 is 0. The number of aromatic nitrogens is 2. The van der Waals surface area contributed by atoms with E-state index >= 15 is 0 Å². The zero-order valence-corrected chi connectivity index (χ0v) is 11.7. The molecule has 19 heavy (non-hydrogen) atoms. The number of rotatable bonds is 7. The lowest BCUT2D eigenvalue weighted by Crippen LogP contribution is -2.34. The molecule has 1 N–H and O–H groups in total. The van der Waals surface area contributed by atoms with Gasteiger partial charge in [0.05, 0.1) is 12.4 Å². The lowest BCUT2D eigenvalue weighted by Gasteiger charge is -2.21. The molecular weight excluding hydrogens is 240 g/mol. The van der Waals surface area contributed by atoms with E-state index in [4.69, 9.17) is 0 Å². The topological polar surface area (TPSA) is 58.1 Å². The molecule has 5 nitrogen and oxygen atoms in total. The average Bonchev–Trinajstić information content (AvgIpc) is 3.26. The average molecular weight is 262 g/mol. The highest BCUT2D eigenvalue weighted by Gasteiger charge is 2.33. The molecular formula is C14H22N4O. The van der Waals surface area contributed by atoms with Crippen molar-refractivity contribution in [3.8, 4) is 0 Å². The van der Waals surface area contributed by atoms with Crippen LogP contribution in [-0.4, -0.2) is 39.9 Å². The summed E-state index contributed by atoms with van der Waals surface area (Å²) in [4.78, 5) is 22.8. The van der Waals surface area contributed by atoms with E-state index in [0.29, 0.717) is 17.6 Å². The van der Waals surface area contributed by atoms with Gasteiger partial charge in [-0.2, -0.15) is 0 Å². The molecule has 0 atom stereocenters. The first kappa shape index (κ1) is 13.8. The maximum absolute atomic E-state index is 12.4. The van der Waals surface area contributed by atoms with Crippen molar-refractivity contribution in [1.82, 2.24) is 14.9 Å². The van der Waals surface area contributed by atoms with E-state index in [1.807, 2.05) is 4.90 Å². The molecule has 1 aliphatic carbocycles. The summed E-state index contributed by atoms with van der Waals surface area (Å²) in [6.45, 7) is 5.82. The predicted molar refractivity (Wildman–Crippen MR) is 75.2 cm³/mol. The summed E-state index contributed by atoms with van der Waals surface area (Å²) < 4.78 is 0. The van der Waals surface area contributed by atoms with Gasteiger partial charge >= 0.3 is 0 Å². The largest absolute Gasteiger partial charge is 0.369 e. The zero-order valence-electron chi connectivity index (χ0n) is 11.7. The third-order valence-electron chi connectivity index (χ3n) is 3.12. The van der Waals surface area contributed by atoms with Gasteiger partial charge in [0.1, 0.15) is 11.5 Å². The van der Waals surface area contributed by atoms with E-state index in [2.05, 4.69) is 29.1 Å². The van der Waals surface area contributed by atoms with Crippen LogP contribution in [0.3, 0.4) is 0 Å². The highest BCUT2D eigenvalue weighted by Crippen LogP contribution is 2.28. The Labute approximate surface area is 114 Å². The molecule has 0 saturated heterocycles. The number of carbonyl (C=O) groups is 1. The summed E-state index contributed by atoms with van der Waals surface area (Å²) in [6.07, 6.45) is 7.45. The summed E-state index contributed by atoms with van der Waals surface area (Å²) in [5, 5.41) is 3.16. The van der Waals surface area contributed by atoms with Gasteiger partial charge < -0.3 is 10.2 Å². The minimum Gasteiger partial charge on any atom is -0.369 e. The maximum Gasteiger partial charge on any atom is 0.274 e. The van der Waals surface area contributed by atoms with Crippen LogP contribution in [0, 0.1) is 0 Å². The van der Waals surface area contributed by atoms with E-state index < -0.39 is 0 Å². The van der Waals surface area contributed by atoms with Gasteiger partial charge in [0.25, 0.3) is 5.91 Å². The van der Waals surface area contributed by atoms with Crippen LogP contribution in [0.2, 0.25) is 0 Å². The fourth-order valence-electron chi connectivity index (χ4n) is 2.03. The van der Waals surface area contributed by atoms with Crippen molar-refractivity contribution < 1.29 is 4.79 Å². The number of hydrogen-bond donors (Lipinski definition) is 1. The van der Waals surface area contributed by atoms with Gasteiger partial charge in [-0.05, 0) is 25.7 Å². The number of nitrogens with one attached hydrogen (secondary N) is 1. The lowest BCUT2D eigenvalue weighted by atomic mass is 10.3. The van der Waals surface area contributed by atoms with Crippen LogP contribution < -0.4 is 5.32 Å². The molecule has 0 spiro atoms. The number of nitrogens with zero attached hydrogens (tertiary/aromatic N) is 3. The monoisotopic (exact) mass is 262 g/mol. The summed E-state index contributed by atoms with van der Waals surface area (Å²) in [7, 11) is 0. The first-order valence-corrected chi connectivity index (χ1v) is 7.13. The van der Waals surface area contributed by atoms with Crippen LogP contribution in [0.5, 0.6) is 0 Å². The molecule has 0 unspecified atom stereocenters. The second-order valence-electron chi connectivity index (χ2n) is 4.95.